The summed E-state index contributed by atoms with van der Waals surface area (Å²) in [5, 5.41) is 3.28. The van der Waals surface area contributed by atoms with Crippen molar-refractivity contribution in [1.29, 1.82) is 0 Å². The molecule has 0 saturated heterocycles. The van der Waals surface area contributed by atoms with Crippen molar-refractivity contribution in [2.75, 3.05) is 13.7 Å². The van der Waals surface area contributed by atoms with E-state index in [1.165, 1.54) is 16.8 Å². The van der Waals surface area contributed by atoms with Crippen LogP contribution >= 0.6 is 11.8 Å². The zero-order valence-electron chi connectivity index (χ0n) is 12.3. The lowest BCUT2D eigenvalue weighted by molar-refractivity contribution is 0.414. The van der Waals surface area contributed by atoms with Crippen LogP contribution in [0, 0.1) is 0 Å². The van der Waals surface area contributed by atoms with Crippen LogP contribution in [0.2, 0.25) is 0 Å². The maximum atomic E-state index is 5.23. The molecule has 4 heteroatoms. The van der Waals surface area contributed by atoms with E-state index in [1.54, 1.807) is 18.9 Å². The number of thioether (sulfide) groups is 1. The zero-order chi connectivity index (χ0) is 14.9. The van der Waals surface area contributed by atoms with E-state index in [0.717, 1.165) is 17.5 Å². The normalized spacial score (nSPS) is 19.7. The van der Waals surface area contributed by atoms with E-state index in [9.17, 15) is 0 Å². The van der Waals surface area contributed by atoms with Gasteiger partial charge >= 0.3 is 0 Å². The van der Waals surface area contributed by atoms with Crippen LogP contribution in [0.3, 0.4) is 0 Å². The number of hydrogen-bond acceptors (Lipinski definition) is 4. The largest absolute Gasteiger partial charge is 0.497 e. The molecular formula is C18H16N2OS. The van der Waals surface area contributed by atoms with Crippen LogP contribution in [0.4, 0.5) is 0 Å². The van der Waals surface area contributed by atoms with Gasteiger partial charge in [-0.2, -0.15) is 0 Å². The van der Waals surface area contributed by atoms with Gasteiger partial charge in [-0.05, 0) is 35.4 Å². The summed E-state index contributed by atoms with van der Waals surface area (Å²) in [6.45, 7) is 0.907. The molecule has 4 rings (SSSR count). The molecule has 110 valence electrons. The fourth-order valence-electron chi connectivity index (χ4n) is 2.80. The van der Waals surface area contributed by atoms with Crippen molar-refractivity contribution < 1.29 is 4.74 Å². The molecule has 0 bridgehead atoms. The van der Waals surface area contributed by atoms with Crippen LogP contribution < -0.4 is 4.74 Å². The van der Waals surface area contributed by atoms with Crippen molar-refractivity contribution in [2.24, 2.45) is 4.99 Å². The number of hydrogen-bond donors (Lipinski definition) is 0. The smallest absolute Gasteiger partial charge is 0.168 e. The van der Waals surface area contributed by atoms with Crippen LogP contribution in [0.25, 0.3) is 5.70 Å². The molecule has 22 heavy (non-hydrogen) atoms. The SMILES string of the molecule is COc1ccc(C2=CSC3=N[C@H](c4ccccc4)CN23)cc1. The molecule has 0 amide bonds. The number of amidine groups is 1. The Labute approximate surface area is 134 Å². The Balaban J connectivity index is 1.57. The first-order valence-corrected chi connectivity index (χ1v) is 8.14. The molecule has 0 N–H and O–H groups in total. The first-order chi connectivity index (χ1) is 10.8. The molecule has 2 aromatic carbocycles. The second-order valence-electron chi connectivity index (χ2n) is 5.30. The second kappa shape index (κ2) is 5.54. The first-order valence-electron chi connectivity index (χ1n) is 7.27. The molecule has 0 aromatic heterocycles. The van der Waals surface area contributed by atoms with E-state index in [0.29, 0.717) is 0 Å². The van der Waals surface area contributed by atoms with E-state index in [1.807, 2.05) is 18.2 Å². The summed E-state index contributed by atoms with van der Waals surface area (Å²) >= 11 is 1.71. The van der Waals surface area contributed by atoms with Gasteiger partial charge in [0.15, 0.2) is 5.17 Å². The lowest BCUT2D eigenvalue weighted by Gasteiger charge is -2.18. The number of ether oxygens (including phenoxy) is 1. The Morgan fingerprint density at radius 2 is 1.86 bits per heavy atom. The first kappa shape index (κ1) is 13.5. The fraction of sp³-hybridized carbons (Fsp3) is 0.167. The van der Waals surface area contributed by atoms with Crippen LogP contribution in [-0.4, -0.2) is 23.7 Å². The number of aliphatic imine (C=N–C) groups is 1. The molecule has 2 aliphatic heterocycles. The summed E-state index contributed by atoms with van der Waals surface area (Å²) in [6, 6.07) is 18.9. The zero-order valence-corrected chi connectivity index (χ0v) is 13.1. The van der Waals surface area contributed by atoms with E-state index in [4.69, 9.17) is 9.73 Å². The molecule has 0 radical (unpaired) electrons. The highest BCUT2D eigenvalue weighted by atomic mass is 32.2. The lowest BCUT2D eigenvalue weighted by Crippen LogP contribution is -2.20. The second-order valence-corrected chi connectivity index (χ2v) is 6.13. The average molecular weight is 308 g/mol. The third kappa shape index (κ3) is 2.29. The minimum atomic E-state index is 0.227. The van der Waals surface area contributed by atoms with Crippen molar-refractivity contribution in [1.82, 2.24) is 4.90 Å². The van der Waals surface area contributed by atoms with Crippen molar-refractivity contribution in [3.8, 4) is 5.75 Å². The Bertz CT molecular complexity index is 737. The highest BCUT2D eigenvalue weighted by Gasteiger charge is 2.32. The Hall–Kier alpha value is -2.20. The van der Waals surface area contributed by atoms with Gasteiger partial charge in [0, 0.05) is 5.41 Å². The molecule has 2 heterocycles. The van der Waals surface area contributed by atoms with Crippen LogP contribution in [0.5, 0.6) is 5.75 Å². The van der Waals surface area contributed by atoms with E-state index in [2.05, 4.69) is 46.7 Å². The van der Waals surface area contributed by atoms with Gasteiger partial charge in [0.1, 0.15) is 5.75 Å². The maximum Gasteiger partial charge on any atom is 0.168 e. The standard InChI is InChI=1S/C18H16N2OS/c1-21-15-9-7-14(8-10-15)17-12-22-18-19-16(11-20(17)18)13-5-3-2-4-6-13/h2-10,12,16H,11H2,1H3/t16-/m0/s1. The molecule has 0 aliphatic carbocycles. The Kier molecular flexibility index (Phi) is 3.39. The predicted molar refractivity (Wildman–Crippen MR) is 91.9 cm³/mol. The molecule has 0 spiro atoms. The Morgan fingerprint density at radius 1 is 1.09 bits per heavy atom. The number of fused-ring (bicyclic) bond motifs is 1. The summed E-state index contributed by atoms with van der Waals surface area (Å²) in [4.78, 5) is 7.17. The quantitative estimate of drug-likeness (QED) is 0.851. The summed E-state index contributed by atoms with van der Waals surface area (Å²) in [6.07, 6.45) is 0. The van der Waals surface area contributed by atoms with Gasteiger partial charge in [0.25, 0.3) is 0 Å². The highest BCUT2D eigenvalue weighted by molar-refractivity contribution is 8.16. The summed E-state index contributed by atoms with van der Waals surface area (Å²) in [5.41, 5.74) is 3.70. The van der Waals surface area contributed by atoms with Crippen LogP contribution in [0.1, 0.15) is 17.2 Å². The van der Waals surface area contributed by atoms with Gasteiger partial charge in [-0.25, -0.2) is 0 Å². The molecule has 0 unspecified atom stereocenters. The number of nitrogens with zero attached hydrogens (tertiary/aromatic N) is 2. The number of rotatable bonds is 3. The van der Waals surface area contributed by atoms with Gasteiger partial charge in [-0.3, -0.25) is 4.99 Å². The monoisotopic (exact) mass is 308 g/mol. The van der Waals surface area contributed by atoms with Crippen molar-refractivity contribution >= 4 is 22.6 Å². The van der Waals surface area contributed by atoms with Crippen molar-refractivity contribution in [3.63, 3.8) is 0 Å². The molecule has 2 aromatic rings. The Morgan fingerprint density at radius 3 is 2.59 bits per heavy atom. The molecular weight excluding hydrogens is 292 g/mol. The molecule has 2 aliphatic rings. The summed E-state index contributed by atoms with van der Waals surface area (Å²) < 4.78 is 5.23. The third-order valence-electron chi connectivity index (χ3n) is 3.99. The van der Waals surface area contributed by atoms with Crippen molar-refractivity contribution in [3.05, 3.63) is 71.1 Å². The van der Waals surface area contributed by atoms with Gasteiger partial charge in [0.2, 0.25) is 0 Å². The molecule has 0 saturated carbocycles. The fourth-order valence-corrected chi connectivity index (χ4v) is 3.77. The number of methoxy groups -OCH3 is 1. The van der Waals surface area contributed by atoms with E-state index < -0.39 is 0 Å². The number of benzene rings is 2. The molecule has 1 atom stereocenters. The average Bonchev–Trinajstić information content (AvgIpc) is 3.16. The summed E-state index contributed by atoms with van der Waals surface area (Å²) in [7, 11) is 1.69. The lowest BCUT2D eigenvalue weighted by atomic mass is 10.1. The van der Waals surface area contributed by atoms with E-state index >= 15 is 0 Å². The van der Waals surface area contributed by atoms with Crippen LogP contribution in [0.15, 0.2) is 65.0 Å². The minimum Gasteiger partial charge on any atom is -0.497 e. The predicted octanol–water partition coefficient (Wildman–Crippen LogP) is 4.15. The van der Waals surface area contributed by atoms with E-state index in [-0.39, 0.29) is 6.04 Å². The van der Waals surface area contributed by atoms with Gasteiger partial charge in [0.05, 0.1) is 25.4 Å². The van der Waals surface area contributed by atoms with Gasteiger partial charge < -0.3 is 9.64 Å². The third-order valence-corrected chi connectivity index (χ3v) is 4.87. The van der Waals surface area contributed by atoms with Gasteiger partial charge in [-0.1, -0.05) is 42.1 Å². The van der Waals surface area contributed by atoms with Crippen LogP contribution in [-0.2, 0) is 0 Å². The topological polar surface area (TPSA) is 24.8 Å². The van der Waals surface area contributed by atoms with Crippen molar-refractivity contribution in [2.45, 2.75) is 6.04 Å². The summed E-state index contributed by atoms with van der Waals surface area (Å²) in [5.74, 6) is 0.882. The maximum absolute atomic E-state index is 5.23. The highest BCUT2D eigenvalue weighted by Crippen LogP contribution is 2.40. The minimum absolute atomic E-state index is 0.227. The molecule has 3 nitrogen and oxygen atoms in total. The molecule has 0 fully saturated rings. The van der Waals surface area contributed by atoms with Gasteiger partial charge in [-0.15, -0.1) is 0 Å².